The monoisotopic (exact) mass is 283 g/mol. The van der Waals surface area contributed by atoms with Gasteiger partial charge in [-0.25, -0.2) is 4.79 Å². The number of nitro benzene ring substituents is 1. The minimum absolute atomic E-state index is 0.0644. The molecule has 0 aliphatic carbocycles. The van der Waals surface area contributed by atoms with Gasteiger partial charge in [-0.15, -0.1) is 0 Å². The molecule has 5 heteroatoms. The topological polar surface area (TPSA) is 69.4 Å². The first kappa shape index (κ1) is 14.5. The largest absolute Gasteiger partial charge is 0.465 e. The molecule has 0 N–H and O–H groups in total. The van der Waals surface area contributed by atoms with Crippen LogP contribution in [-0.4, -0.2) is 18.0 Å². The number of esters is 1. The molecule has 0 aliphatic rings. The van der Waals surface area contributed by atoms with Crippen LogP contribution in [0.5, 0.6) is 0 Å². The molecule has 0 spiro atoms. The molecule has 0 aromatic heterocycles. The summed E-state index contributed by atoms with van der Waals surface area (Å²) in [6.07, 6.45) is 3.71. The fourth-order valence-corrected chi connectivity index (χ4v) is 1.75. The third kappa shape index (κ3) is 3.76. The zero-order chi connectivity index (χ0) is 15.2. The van der Waals surface area contributed by atoms with Gasteiger partial charge < -0.3 is 4.74 Å². The van der Waals surface area contributed by atoms with Crippen LogP contribution >= 0.6 is 0 Å². The summed E-state index contributed by atoms with van der Waals surface area (Å²) < 4.78 is 4.62. The first-order chi connectivity index (χ1) is 10.1. The molecule has 2 aromatic carbocycles. The Labute approximate surface area is 121 Å². The maximum absolute atomic E-state index is 11.3. The van der Waals surface area contributed by atoms with Gasteiger partial charge in [0.1, 0.15) is 0 Å². The molecule has 2 aromatic rings. The van der Waals surface area contributed by atoms with Gasteiger partial charge in [-0.1, -0.05) is 24.3 Å². The number of benzene rings is 2. The summed E-state index contributed by atoms with van der Waals surface area (Å²) >= 11 is 0. The minimum Gasteiger partial charge on any atom is -0.465 e. The quantitative estimate of drug-likeness (QED) is 0.372. The SMILES string of the molecule is COC(=O)c1ccc(C=Cc2ccc([N+](=O)[O-])cc2)cc1. The number of methoxy groups -OCH3 is 1. The molecule has 0 fully saturated rings. The number of ether oxygens (including phenoxy) is 1. The van der Waals surface area contributed by atoms with E-state index in [4.69, 9.17) is 0 Å². The van der Waals surface area contributed by atoms with Crippen molar-refractivity contribution in [3.63, 3.8) is 0 Å². The molecular weight excluding hydrogens is 270 g/mol. The zero-order valence-corrected chi connectivity index (χ0v) is 11.4. The van der Waals surface area contributed by atoms with E-state index >= 15 is 0 Å². The van der Waals surface area contributed by atoms with Crippen LogP contribution in [0.2, 0.25) is 0 Å². The van der Waals surface area contributed by atoms with Crippen molar-refractivity contribution in [2.45, 2.75) is 0 Å². The van der Waals surface area contributed by atoms with Gasteiger partial charge in [0.2, 0.25) is 0 Å². The molecule has 0 amide bonds. The Hall–Kier alpha value is -2.95. The van der Waals surface area contributed by atoms with E-state index in [0.717, 1.165) is 11.1 Å². The third-order valence-corrected chi connectivity index (χ3v) is 2.90. The van der Waals surface area contributed by atoms with Crippen molar-refractivity contribution < 1.29 is 14.5 Å². The Kier molecular flexibility index (Phi) is 4.46. The Morgan fingerprint density at radius 3 is 1.90 bits per heavy atom. The van der Waals surface area contributed by atoms with Crippen LogP contribution in [0, 0.1) is 10.1 Å². The van der Waals surface area contributed by atoms with E-state index in [0.29, 0.717) is 5.56 Å². The minimum atomic E-state index is -0.432. The van der Waals surface area contributed by atoms with Crippen molar-refractivity contribution in [3.8, 4) is 0 Å². The van der Waals surface area contributed by atoms with Crippen molar-refractivity contribution in [2.75, 3.05) is 7.11 Å². The summed E-state index contributed by atoms with van der Waals surface area (Å²) in [5.41, 5.74) is 2.33. The van der Waals surface area contributed by atoms with Gasteiger partial charge in [0.25, 0.3) is 5.69 Å². The van der Waals surface area contributed by atoms with Gasteiger partial charge in [-0.3, -0.25) is 10.1 Å². The van der Waals surface area contributed by atoms with Crippen molar-refractivity contribution in [1.29, 1.82) is 0 Å². The van der Waals surface area contributed by atoms with Crippen LogP contribution in [-0.2, 0) is 4.74 Å². The lowest BCUT2D eigenvalue weighted by atomic mass is 10.1. The normalized spacial score (nSPS) is 10.5. The molecule has 0 heterocycles. The van der Waals surface area contributed by atoms with Crippen LogP contribution in [0.4, 0.5) is 5.69 Å². The van der Waals surface area contributed by atoms with Crippen molar-refractivity contribution in [1.82, 2.24) is 0 Å². The van der Waals surface area contributed by atoms with Crippen molar-refractivity contribution in [3.05, 3.63) is 75.3 Å². The second-order valence-electron chi connectivity index (χ2n) is 4.30. The summed E-state index contributed by atoms with van der Waals surface area (Å²) in [5, 5.41) is 10.6. The highest BCUT2D eigenvalue weighted by atomic mass is 16.6. The van der Waals surface area contributed by atoms with Crippen LogP contribution in [0.15, 0.2) is 48.5 Å². The predicted octanol–water partition coefficient (Wildman–Crippen LogP) is 3.55. The summed E-state index contributed by atoms with van der Waals surface area (Å²) in [4.78, 5) is 21.4. The van der Waals surface area contributed by atoms with Crippen molar-refractivity contribution >= 4 is 23.8 Å². The summed E-state index contributed by atoms with van der Waals surface area (Å²) in [5.74, 6) is -0.374. The molecule has 2 rings (SSSR count). The highest BCUT2D eigenvalue weighted by Gasteiger charge is 2.04. The molecule has 0 radical (unpaired) electrons. The molecule has 0 aliphatic heterocycles. The van der Waals surface area contributed by atoms with E-state index in [2.05, 4.69) is 4.74 Å². The maximum atomic E-state index is 11.3. The number of non-ortho nitro benzene ring substituents is 1. The smallest absolute Gasteiger partial charge is 0.337 e. The Bertz CT molecular complexity index is 672. The summed E-state index contributed by atoms with van der Waals surface area (Å²) in [7, 11) is 1.34. The maximum Gasteiger partial charge on any atom is 0.337 e. The number of hydrogen-bond acceptors (Lipinski definition) is 4. The molecule has 0 saturated heterocycles. The number of carbonyl (C=O) groups is 1. The lowest BCUT2D eigenvalue weighted by Gasteiger charge is -1.99. The lowest BCUT2D eigenvalue weighted by Crippen LogP contribution is -2.00. The second kappa shape index (κ2) is 6.47. The molecular formula is C16H13NO4. The highest BCUT2D eigenvalue weighted by molar-refractivity contribution is 5.89. The van der Waals surface area contributed by atoms with Crippen LogP contribution < -0.4 is 0 Å². The van der Waals surface area contributed by atoms with Gasteiger partial charge in [0.05, 0.1) is 17.6 Å². The summed E-state index contributed by atoms with van der Waals surface area (Å²) in [6.45, 7) is 0. The van der Waals surface area contributed by atoms with E-state index in [1.165, 1.54) is 19.2 Å². The standard InChI is InChI=1S/C16H13NO4/c1-21-16(18)14-8-4-12(5-9-14)2-3-13-6-10-15(11-7-13)17(19)20/h2-11H,1H3. The molecule has 21 heavy (non-hydrogen) atoms. The first-order valence-corrected chi connectivity index (χ1v) is 6.21. The van der Waals surface area contributed by atoms with E-state index in [9.17, 15) is 14.9 Å². The third-order valence-electron chi connectivity index (χ3n) is 2.90. The van der Waals surface area contributed by atoms with E-state index < -0.39 is 4.92 Å². The molecule has 5 nitrogen and oxygen atoms in total. The Balaban J connectivity index is 2.10. The highest BCUT2D eigenvalue weighted by Crippen LogP contribution is 2.14. The van der Waals surface area contributed by atoms with Crippen molar-refractivity contribution in [2.24, 2.45) is 0 Å². The van der Waals surface area contributed by atoms with Gasteiger partial charge >= 0.3 is 5.97 Å². The van der Waals surface area contributed by atoms with E-state index in [1.54, 1.807) is 36.4 Å². The molecule has 106 valence electrons. The first-order valence-electron chi connectivity index (χ1n) is 6.21. The predicted molar refractivity (Wildman–Crippen MR) is 79.8 cm³/mol. The van der Waals surface area contributed by atoms with Crippen LogP contribution in [0.25, 0.3) is 12.2 Å². The van der Waals surface area contributed by atoms with Gasteiger partial charge in [0, 0.05) is 12.1 Å². The van der Waals surface area contributed by atoms with Crippen LogP contribution in [0.3, 0.4) is 0 Å². The van der Waals surface area contributed by atoms with E-state index in [1.807, 2.05) is 12.2 Å². The number of hydrogen-bond donors (Lipinski definition) is 0. The molecule has 0 unspecified atom stereocenters. The van der Waals surface area contributed by atoms with Gasteiger partial charge in [-0.05, 0) is 35.4 Å². The average Bonchev–Trinajstić information content (AvgIpc) is 2.53. The number of carbonyl (C=O) groups excluding carboxylic acids is 1. The number of nitro groups is 1. The van der Waals surface area contributed by atoms with Gasteiger partial charge in [0.15, 0.2) is 0 Å². The summed E-state index contributed by atoms with van der Waals surface area (Å²) in [6, 6.07) is 13.2. The fraction of sp³-hybridized carbons (Fsp3) is 0.0625. The zero-order valence-electron chi connectivity index (χ0n) is 11.4. The fourth-order valence-electron chi connectivity index (χ4n) is 1.75. The second-order valence-corrected chi connectivity index (χ2v) is 4.30. The lowest BCUT2D eigenvalue weighted by molar-refractivity contribution is -0.384. The number of rotatable bonds is 4. The Morgan fingerprint density at radius 2 is 1.48 bits per heavy atom. The molecule has 0 bridgehead atoms. The molecule has 0 atom stereocenters. The molecule has 0 saturated carbocycles. The van der Waals surface area contributed by atoms with Gasteiger partial charge in [-0.2, -0.15) is 0 Å². The Morgan fingerprint density at radius 1 is 1.00 bits per heavy atom. The van der Waals surface area contributed by atoms with Crippen LogP contribution in [0.1, 0.15) is 21.5 Å². The average molecular weight is 283 g/mol. The van der Waals surface area contributed by atoms with E-state index in [-0.39, 0.29) is 11.7 Å². The number of nitrogens with zero attached hydrogens (tertiary/aromatic N) is 1.